The molecule has 3 amide bonds. The maximum Gasteiger partial charge on any atom is 0.409 e. The Morgan fingerprint density at radius 2 is 1.90 bits per heavy atom. The van der Waals surface area contributed by atoms with Crippen molar-refractivity contribution in [2.75, 3.05) is 39.9 Å². The number of methoxy groups -OCH3 is 1. The summed E-state index contributed by atoms with van der Waals surface area (Å²) >= 11 is 0. The average Bonchev–Trinajstić information content (AvgIpc) is 3.04. The lowest BCUT2D eigenvalue weighted by molar-refractivity contribution is 0.105. The highest BCUT2D eigenvalue weighted by atomic mass is 16.5. The van der Waals surface area contributed by atoms with Crippen LogP contribution in [0.1, 0.15) is 25.7 Å². The first-order chi connectivity index (χ1) is 10.2. The van der Waals surface area contributed by atoms with E-state index in [1.807, 2.05) is 0 Å². The summed E-state index contributed by atoms with van der Waals surface area (Å²) in [5.41, 5.74) is 0. The number of hydrogen-bond acceptors (Lipinski definition) is 4. The van der Waals surface area contributed by atoms with Crippen molar-refractivity contribution >= 4 is 12.1 Å². The number of rotatable bonds is 4. The van der Waals surface area contributed by atoms with E-state index in [0.717, 1.165) is 32.3 Å². The fraction of sp³-hybridized carbons (Fsp3) is 0.857. The number of urea groups is 1. The van der Waals surface area contributed by atoms with Crippen molar-refractivity contribution in [2.24, 2.45) is 5.92 Å². The zero-order valence-corrected chi connectivity index (χ0v) is 12.6. The van der Waals surface area contributed by atoms with Gasteiger partial charge in [-0.2, -0.15) is 0 Å². The van der Waals surface area contributed by atoms with Gasteiger partial charge in [0.05, 0.1) is 13.2 Å². The number of carbonyl (C=O) groups excluding carboxylic acids is 2. The molecule has 2 aliphatic heterocycles. The second-order valence-corrected chi connectivity index (χ2v) is 5.63. The van der Waals surface area contributed by atoms with Crippen molar-refractivity contribution in [3.63, 3.8) is 0 Å². The molecule has 7 nitrogen and oxygen atoms in total. The molecule has 2 aliphatic rings. The maximum absolute atomic E-state index is 11.7. The van der Waals surface area contributed by atoms with Crippen LogP contribution in [0.25, 0.3) is 0 Å². The SMILES string of the molecule is COC(=O)N1CCC(CNC(=O)NC[C@@H]2CCCO2)CC1. The molecule has 0 radical (unpaired) electrons. The fourth-order valence-electron chi connectivity index (χ4n) is 2.76. The summed E-state index contributed by atoms with van der Waals surface area (Å²) in [7, 11) is 1.40. The first-order valence-electron chi connectivity index (χ1n) is 7.65. The van der Waals surface area contributed by atoms with Crippen LogP contribution in [-0.2, 0) is 9.47 Å². The average molecular weight is 299 g/mol. The molecule has 0 saturated carbocycles. The summed E-state index contributed by atoms with van der Waals surface area (Å²) in [6, 6.07) is -0.138. The van der Waals surface area contributed by atoms with Gasteiger partial charge in [0, 0.05) is 32.8 Å². The van der Waals surface area contributed by atoms with E-state index in [1.165, 1.54) is 7.11 Å². The zero-order chi connectivity index (χ0) is 15.1. The molecule has 2 saturated heterocycles. The molecule has 0 aromatic carbocycles. The van der Waals surface area contributed by atoms with Gasteiger partial charge in [-0.05, 0) is 31.6 Å². The first-order valence-corrected chi connectivity index (χ1v) is 7.65. The molecule has 2 heterocycles. The van der Waals surface area contributed by atoms with Crippen molar-refractivity contribution in [2.45, 2.75) is 31.8 Å². The van der Waals surface area contributed by atoms with Crippen LogP contribution in [0.15, 0.2) is 0 Å². The van der Waals surface area contributed by atoms with Crippen LogP contribution in [-0.4, -0.2) is 63.0 Å². The summed E-state index contributed by atoms with van der Waals surface area (Å²) < 4.78 is 10.2. The molecule has 0 unspecified atom stereocenters. The molecular weight excluding hydrogens is 274 g/mol. The Morgan fingerprint density at radius 3 is 2.52 bits per heavy atom. The molecule has 0 spiro atoms. The Kier molecular flexibility index (Phi) is 6.10. The van der Waals surface area contributed by atoms with Gasteiger partial charge in [-0.15, -0.1) is 0 Å². The highest BCUT2D eigenvalue weighted by molar-refractivity contribution is 5.73. The third-order valence-corrected chi connectivity index (χ3v) is 4.11. The fourth-order valence-corrected chi connectivity index (χ4v) is 2.76. The van der Waals surface area contributed by atoms with E-state index < -0.39 is 0 Å². The van der Waals surface area contributed by atoms with Crippen molar-refractivity contribution in [3.8, 4) is 0 Å². The second kappa shape index (κ2) is 8.07. The van der Waals surface area contributed by atoms with E-state index >= 15 is 0 Å². The highest BCUT2D eigenvalue weighted by Gasteiger charge is 2.23. The van der Waals surface area contributed by atoms with Crippen LogP contribution in [0.5, 0.6) is 0 Å². The number of piperidine rings is 1. The number of carbonyl (C=O) groups is 2. The van der Waals surface area contributed by atoms with Crippen molar-refractivity contribution in [3.05, 3.63) is 0 Å². The predicted octanol–water partition coefficient (Wildman–Crippen LogP) is 0.943. The van der Waals surface area contributed by atoms with Crippen LogP contribution < -0.4 is 10.6 Å². The summed E-state index contributed by atoms with van der Waals surface area (Å²) in [5, 5.41) is 5.73. The number of hydrogen-bond donors (Lipinski definition) is 2. The number of amides is 3. The number of ether oxygens (including phenoxy) is 2. The van der Waals surface area contributed by atoms with Gasteiger partial charge in [0.2, 0.25) is 0 Å². The summed E-state index contributed by atoms with van der Waals surface area (Å²) in [4.78, 5) is 24.8. The summed E-state index contributed by atoms with van der Waals surface area (Å²) in [6.45, 7) is 3.40. The Bertz CT molecular complexity index is 350. The second-order valence-electron chi connectivity index (χ2n) is 5.63. The van der Waals surface area contributed by atoms with Crippen LogP contribution in [0.4, 0.5) is 9.59 Å². The molecule has 1 atom stereocenters. The lowest BCUT2D eigenvalue weighted by atomic mass is 9.97. The number of likely N-dealkylation sites (tertiary alicyclic amines) is 1. The normalized spacial score (nSPS) is 22.9. The predicted molar refractivity (Wildman–Crippen MR) is 77.1 cm³/mol. The quantitative estimate of drug-likeness (QED) is 0.810. The van der Waals surface area contributed by atoms with Gasteiger partial charge < -0.3 is 25.0 Å². The molecule has 0 aromatic rings. The van der Waals surface area contributed by atoms with Crippen molar-refractivity contribution in [1.29, 1.82) is 0 Å². The van der Waals surface area contributed by atoms with Crippen LogP contribution >= 0.6 is 0 Å². The summed E-state index contributed by atoms with van der Waals surface area (Å²) in [5.74, 6) is 0.416. The monoisotopic (exact) mass is 299 g/mol. The molecule has 2 fully saturated rings. The Hall–Kier alpha value is -1.50. The molecule has 7 heteroatoms. The van der Waals surface area contributed by atoms with E-state index in [0.29, 0.717) is 32.1 Å². The van der Waals surface area contributed by atoms with E-state index in [4.69, 9.17) is 9.47 Å². The Morgan fingerprint density at radius 1 is 1.19 bits per heavy atom. The van der Waals surface area contributed by atoms with Gasteiger partial charge in [-0.25, -0.2) is 9.59 Å². The van der Waals surface area contributed by atoms with Gasteiger partial charge in [-0.3, -0.25) is 0 Å². The lowest BCUT2D eigenvalue weighted by Crippen LogP contribution is -2.44. The topological polar surface area (TPSA) is 79.9 Å². The van der Waals surface area contributed by atoms with Gasteiger partial charge in [0.25, 0.3) is 0 Å². The Labute approximate surface area is 125 Å². The van der Waals surface area contributed by atoms with Gasteiger partial charge >= 0.3 is 12.1 Å². The van der Waals surface area contributed by atoms with E-state index in [1.54, 1.807) is 4.90 Å². The van der Waals surface area contributed by atoms with Crippen LogP contribution in [0.2, 0.25) is 0 Å². The van der Waals surface area contributed by atoms with E-state index in [-0.39, 0.29) is 18.2 Å². The molecule has 0 aliphatic carbocycles. The molecule has 120 valence electrons. The third-order valence-electron chi connectivity index (χ3n) is 4.11. The number of nitrogens with zero attached hydrogens (tertiary/aromatic N) is 1. The molecule has 0 aromatic heterocycles. The molecule has 21 heavy (non-hydrogen) atoms. The lowest BCUT2D eigenvalue weighted by Gasteiger charge is -2.30. The minimum Gasteiger partial charge on any atom is -0.453 e. The largest absolute Gasteiger partial charge is 0.453 e. The number of nitrogens with one attached hydrogen (secondary N) is 2. The van der Waals surface area contributed by atoms with Gasteiger partial charge in [-0.1, -0.05) is 0 Å². The van der Waals surface area contributed by atoms with Crippen LogP contribution in [0.3, 0.4) is 0 Å². The van der Waals surface area contributed by atoms with Crippen LogP contribution in [0, 0.1) is 5.92 Å². The third kappa shape index (κ3) is 5.08. The van der Waals surface area contributed by atoms with Gasteiger partial charge in [0.1, 0.15) is 0 Å². The first kappa shape index (κ1) is 15.9. The van der Waals surface area contributed by atoms with Gasteiger partial charge in [0.15, 0.2) is 0 Å². The molecule has 2 N–H and O–H groups in total. The summed E-state index contributed by atoms with van der Waals surface area (Å²) in [6.07, 6.45) is 3.77. The van der Waals surface area contributed by atoms with Crippen molar-refractivity contribution in [1.82, 2.24) is 15.5 Å². The smallest absolute Gasteiger partial charge is 0.409 e. The van der Waals surface area contributed by atoms with E-state index in [2.05, 4.69) is 10.6 Å². The minimum absolute atomic E-state index is 0.138. The van der Waals surface area contributed by atoms with E-state index in [9.17, 15) is 9.59 Å². The maximum atomic E-state index is 11.7. The molecule has 0 bridgehead atoms. The molecule has 2 rings (SSSR count). The highest BCUT2D eigenvalue weighted by Crippen LogP contribution is 2.16. The standard InChI is InChI=1S/C14H25N3O4/c1-20-14(19)17-6-4-11(5-7-17)9-15-13(18)16-10-12-3-2-8-21-12/h11-12H,2-10H2,1H3,(H2,15,16,18)/t12-/m0/s1. The van der Waals surface area contributed by atoms with Crippen molar-refractivity contribution < 1.29 is 19.1 Å². The zero-order valence-electron chi connectivity index (χ0n) is 12.6. The Balaban J connectivity index is 1.56. The minimum atomic E-state index is -0.268. The molecular formula is C14H25N3O4.